The summed E-state index contributed by atoms with van der Waals surface area (Å²) in [4.78, 5) is 22.7. The van der Waals surface area contributed by atoms with Crippen LogP contribution in [0.2, 0.25) is 0 Å². The van der Waals surface area contributed by atoms with Crippen LogP contribution in [-0.4, -0.2) is 18.4 Å². The Balaban J connectivity index is 2.15. The third-order valence-electron chi connectivity index (χ3n) is 1.58. The fourth-order valence-corrected chi connectivity index (χ4v) is 1.66. The lowest BCUT2D eigenvalue weighted by Gasteiger charge is -2.01. The summed E-state index contributed by atoms with van der Waals surface area (Å²) < 4.78 is 4.87. The number of carbonyl (C=O) groups excluding carboxylic acids is 2. The van der Waals surface area contributed by atoms with Gasteiger partial charge in [0.2, 0.25) is 0 Å². The number of Topliss-reactive ketones (excluding diaryl/α,β-unsaturated/α-hetero) is 1. The molecule has 0 bridgehead atoms. The summed E-state index contributed by atoms with van der Waals surface area (Å²) in [7, 11) is 0. The molecule has 4 heteroatoms. The van der Waals surface area contributed by atoms with Gasteiger partial charge in [-0.15, -0.1) is 11.3 Å². The van der Waals surface area contributed by atoms with Crippen LogP contribution >= 0.6 is 11.3 Å². The summed E-state index contributed by atoms with van der Waals surface area (Å²) in [5, 5.41) is 1.98. The first-order chi connectivity index (χ1) is 6.68. The third kappa shape index (κ3) is 4.18. The van der Waals surface area contributed by atoms with E-state index in [2.05, 4.69) is 0 Å². The van der Waals surface area contributed by atoms with Crippen LogP contribution in [0.1, 0.15) is 18.2 Å². The van der Waals surface area contributed by atoms with E-state index in [0.29, 0.717) is 6.61 Å². The molecule has 0 aliphatic rings. The summed E-state index contributed by atoms with van der Waals surface area (Å²) in [6.07, 6.45) is 0.603. The highest BCUT2D eigenvalue weighted by Gasteiger charge is 2.05. The van der Waals surface area contributed by atoms with E-state index in [1.165, 1.54) is 11.8 Å². The number of esters is 1. The van der Waals surface area contributed by atoms with Crippen LogP contribution in [0.5, 0.6) is 0 Å². The van der Waals surface area contributed by atoms with Gasteiger partial charge >= 0.3 is 5.97 Å². The fraction of sp³-hybridized carbons (Fsp3) is 0.400. The highest BCUT2D eigenvalue weighted by Crippen LogP contribution is 2.08. The Morgan fingerprint density at radius 1 is 1.50 bits per heavy atom. The maximum absolute atomic E-state index is 10.9. The number of thiophene rings is 1. The monoisotopic (exact) mass is 212 g/mol. The molecule has 1 rings (SSSR count). The summed E-state index contributed by atoms with van der Waals surface area (Å²) in [5.74, 6) is -0.597. The predicted molar refractivity (Wildman–Crippen MR) is 54.3 cm³/mol. The molecule has 0 amide bonds. The van der Waals surface area contributed by atoms with Gasteiger partial charge in [-0.25, -0.2) is 0 Å². The van der Waals surface area contributed by atoms with Gasteiger partial charge in [-0.2, -0.15) is 0 Å². The quantitative estimate of drug-likeness (QED) is 0.552. The molecule has 0 unspecified atom stereocenters. The molecule has 0 aliphatic heterocycles. The number of hydrogen-bond acceptors (Lipinski definition) is 4. The topological polar surface area (TPSA) is 43.4 Å². The Bertz CT molecular complexity index is 303. The Kier molecular flexibility index (Phi) is 4.32. The van der Waals surface area contributed by atoms with E-state index in [9.17, 15) is 9.59 Å². The van der Waals surface area contributed by atoms with Gasteiger partial charge in [0.05, 0.1) is 6.61 Å². The molecule has 1 aromatic heterocycles. The molecule has 0 fully saturated rings. The minimum atomic E-state index is -0.436. The Hall–Kier alpha value is -1.16. The highest BCUT2D eigenvalue weighted by molar-refractivity contribution is 7.09. The van der Waals surface area contributed by atoms with Crippen LogP contribution in [0.25, 0.3) is 0 Å². The molecule has 0 atom stereocenters. The van der Waals surface area contributed by atoms with Crippen molar-refractivity contribution in [2.75, 3.05) is 6.61 Å². The summed E-state index contributed by atoms with van der Waals surface area (Å²) in [5.41, 5.74) is 0. The standard InChI is InChI=1S/C10H12O3S/c1-8(11)7-10(12)13-5-4-9-3-2-6-14-9/h2-3,6H,4-5,7H2,1H3. The lowest BCUT2D eigenvalue weighted by Crippen LogP contribution is -2.10. The van der Waals surface area contributed by atoms with E-state index >= 15 is 0 Å². The average molecular weight is 212 g/mol. The fourth-order valence-electron chi connectivity index (χ4n) is 0.975. The number of ether oxygens (including phenoxy) is 1. The maximum Gasteiger partial charge on any atom is 0.313 e. The molecule has 0 N–H and O–H groups in total. The van der Waals surface area contributed by atoms with E-state index < -0.39 is 5.97 Å². The maximum atomic E-state index is 10.9. The van der Waals surface area contributed by atoms with Crippen molar-refractivity contribution >= 4 is 23.1 Å². The minimum absolute atomic E-state index is 0.121. The van der Waals surface area contributed by atoms with Gasteiger partial charge in [-0.3, -0.25) is 9.59 Å². The van der Waals surface area contributed by atoms with Gasteiger partial charge in [0.1, 0.15) is 12.2 Å². The van der Waals surface area contributed by atoms with E-state index in [1.807, 2.05) is 17.5 Å². The molecule has 1 aromatic rings. The van der Waals surface area contributed by atoms with Gasteiger partial charge in [-0.05, 0) is 18.4 Å². The van der Waals surface area contributed by atoms with Crippen LogP contribution in [0.15, 0.2) is 17.5 Å². The third-order valence-corrected chi connectivity index (χ3v) is 2.52. The summed E-state index contributed by atoms with van der Waals surface area (Å²) in [6.45, 7) is 1.73. The molecule has 14 heavy (non-hydrogen) atoms. The molecule has 0 saturated carbocycles. The van der Waals surface area contributed by atoms with Crippen molar-refractivity contribution in [2.24, 2.45) is 0 Å². The Morgan fingerprint density at radius 2 is 2.29 bits per heavy atom. The zero-order chi connectivity index (χ0) is 10.4. The first kappa shape index (κ1) is 10.9. The summed E-state index contributed by atoms with van der Waals surface area (Å²) in [6, 6.07) is 3.95. The Labute approximate surface area is 86.7 Å². The minimum Gasteiger partial charge on any atom is -0.465 e. The zero-order valence-electron chi connectivity index (χ0n) is 7.99. The van der Waals surface area contributed by atoms with E-state index in [1.54, 1.807) is 11.3 Å². The second-order valence-corrected chi connectivity index (χ2v) is 3.96. The molecule has 76 valence electrons. The molecule has 0 aliphatic carbocycles. The van der Waals surface area contributed by atoms with Crippen molar-refractivity contribution < 1.29 is 14.3 Å². The van der Waals surface area contributed by atoms with Crippen LogP contribution in [-0.2, 0) is 20.7 Å². The van der Waals surface area contributed by atoms with Crippen LogP contribution in [0.4, 0.5) is 0 Å². The smallest absolute Gasteiger partial charge is 0.313 e. The molecule has 0 aromatic carbocycles. The first-order valence-electron chi connectivity index (χ1n) is 4.36. The Morgan fingerprint density at radius 3 is 2.86 bits per heavy atom. The second kappa shape index (κ2) is 5.54. The van der Waals surface area contributed by atoms with E-state index in [0.717, 1.165) is 6.42 Å². The number of ketones is 1. The predicted octanol–water partition coefficient (Wildman–Crippen LogP) is 1.81. The normalized spacial score (nSPS) is 9.79. The van der Waals surface area contributed by atoms with Crippen LogP contribution in [0.3, 0.4) is 0 Å². The van der Waals surface area contributed by atoms with Crippen molar-refractivity contribution in [3.05, 3.63) is 22.4 Å². The van der Waals surface area contributed by atoms with Gasteiger partial charge in [0.15, 0.2) is 0 Å². The second-order valence-electron chi connectivity index (χ2n) is 2.93. The van der Waals surface area contributed by atoms with Gasteiger partial charge in [0.25, 0.3) is 0 Å². The van der Waals surface area contributed by atoms with Gasteiger partial charge < -0.3 is 4.74 Å². The molecule has 0 saturated heterocycles. The lowest BCUT2D eigenvalue weighted by molar-refractivity contribution is -0.145. The largest absolute Gasteiger partial charge is 0.465 e. The van der Waals surface area contributed by atoms with Crippen LogP contribution in [0, 0.1) is 0 Å². The summed E-state index contributed by atoms with van der Waals surface area (Å²) >= 11 is 1.63. The number of rotatable bonds is 5. The van der Waals surface area contributed by atoms with E-state index in [-0.39, 0.29) is 12.2 Å². The van der Waals surface area contributed by atoms with Crippen molar-refractivity contribution in [2.45, 2.75) is 19.8 Å². The molecule has 1 heterocycles. The van der Waals surface area contributed by atoms with Crippen molar-refractivity contribution in [1.82, 2.24) is 0 Å². The zero-order valence-corrected chi connectivity index (χ0v) is 8.80. The highest BCUT2D eigenvalue weighted by atomic mass is 32.1. The van der Waals surface area contributed by atoms with Crippen molar-refractivity contribution in [1.29, 1.82) is 0 Å². The van der Waals surface area contributed by atoms with Crippen LogP contribution < -0.4 is 0 Å². The average Bonchev–Trinajstić information content (AvgIpc) is 2.55. The number of carbonyl (C=O) groups is 2. The van der Waals surface area contributed by atoms with Gasteiger partial charge in [0, 0.05) is 11.3 Å². The lowest BCUT2D eigenvalue weighted by atomic mass is 10.3. The van der Waals surface area contributed by atoms with E-state index in [4.69, 9.17) is 4.74 Å². The SMILES string of the molecule is CC(=O)CC(=O)OCCc1cccs1. The van der Waals surface area contributed by atoms with Crippen molar-refractivity contribution in [3.63, 3.8) is 0 Å². The van der Waals surface area contributed by atoms with Crippen molar-refractivity contribution in [3.8, 4) is 0 Å². The molecular formula is C10H12O3S. The first-order valence-corrected chi connectivity index (χ1v) is 5.24. The molecule has 0 spiro atoms. The molecule has 3 nitrogen and oxygen atoms in total. The number of hydrogen-bond donors (Lipinski definition) is 0. The van der Waals surface area contributed by atoms with Gasteiger partial charge in [-0.1, -0.05) is 6.07 Å². The molecule has 0 radical (unpaired) electrons. The molecular weight excluding hydrogens is 200 g/mol.